The highest BCUT2D eigenvalue weighted by Crippen LogP contribution is 2.15. The molecule has 0 fully saturated rings. The first-order chi connectivity index (χ1) is 14.2. The van der Waals surface area contributed by atoms with Crippen molar-refractivity contribution in [2.45, 2.75) is 147 Å². The van der Waals surface area contributed by atoms with E-state index in [0.717, 1.165) is 25.7 Å². The van der Waals surface area contributed by atoms with Crippen molar-refractivity contribution in [2.75, 3.05) is 6.61 Å². The predicted molar refractivity (Wildman–Crippen MR) is 122 cm³/mol. The minimum atomic E-state index is -1.17. The van der Waals surface area contributed by atoms with Gasteiger partial charge < -0.3 is 15.3 Å². The molecular formula is C25H50O4. The molecule has 0 rings (SSSR count). The lowest BCUT2D eigenvalue weighted by molar-refractivity contribution is -0.146. The maximum Gasteiger partial charge on any atom is 0.332 e. The van der Waals surface area contributed by atoms with Crippen molar-refractivity contribution < 1.29 is 20.1 Å². The smallest absolute Gasteiger partial charge is 0.332 e. The van der Waals surface area contributed by atoms with Crippen molar-refractivity contribution in [3.63, 3.8) is 0 Å². The van der Waals surface area contributed by atoms with Crippen LogP contribution in [0.5, 0.6) is 0 Å². The van der Waals surface area contributed by atoms with Gasteiger partial charge in [0.15, 0.2) is 6.10 Å². The van der Waals surface area contributed by atoms with Gasteiger partial charge in [-0.1, -0.05) is 128 Å². The molecule has 4 nitrogen and oxygen atoms in total. The average Bonchev–Trinajstić information content (AvgIpc) is 2.71. The van der Waals surface area contributed by atoms with Gasteiger partial charge in [0.05, 0.1) is 0 Å². The van der Waals surface area contributed by atoms with Crippen LogP contribution in [0, 0.1) is 0 Å². The van der Waals surface area contributed by atoms with Gasteiger partial charge in [-0.15, -0.1) is 0 Å². The number of unbranched alkanes of at least 4 members (excludes halogenated alkanes) is 20. The van der Waals surface area contributed by atoms with Crippen LogP contribution in [0.25, 0.3) is 0 Å². The molecule has 0 aromatic carbocycles. The molecule has 0 spiro atoms. The number of rotatable bonds is 24. The van der Waals surface area contributed by atoms with E-state index in [1.165, 1.54) is 109 Å². The molecule has 0 aliphatic rings. The zero-order valence-electron chi connectivity index (χ0n) is 19.1. The molecule has 0 saturated heterocycles. The van der Waals surface area contributed by atoms with Gasteiger partial charge in [-0.05, 0) is 12.8 Å². The quantitative estimate of drug-likeness (QED) is 0.148. The lowest BCUT2D eigenvalue weighted by Crippen LogP contribution is -2.18. The molecule has 1 atom stereocenters. The van der Waals surface area contributed by atoms with Crippen molar-refractivity contribution in [1.29, 1.82) is 0 Å². The van der Waals surface area contributed by atoms with Crippen LogP contribution in [-0.4, -0.2) is 34.0 Å². The highest BCUT2D eigenvalue weighted by molar-refractivity contribution is 5.71. The van der Waals surface area contributed by atoms with Crippen LogP contribution >= 0.6 is 0 Å². The van der Waals surface area contributed by atoms with Crippen molar-refractivity contribution in [2.24, 2.45) is 0 Å². The Kier molecular flexibility index (Phi) is 23.2. The van der Waals surface area contributed by atoms with E-state index < -0.39 is 12.1 Å². The fourth-order valence-corrected chi connectivity index (χ4v) is 3.93. The van der Waals surface area contributed by atoms with E-state index >= 15 is 0 Å². The van der Waals surface area contributed by atoms with E-state index in [0.29, 0.717) is 13.0 Å². The van der Waals surface area contributed by atoms with Crippen molar-refractivity contribution >= 4 is 5.97 Å². The van der Waals surface area contributed by atoms with E-state index in [9.17, 15) is 9.90 Å². The van der Waals surface area contributed by atoms with Gasteiger partial charge in [-0.2, -0.15) is 0 Å². The molecule has 0 aromatic rings. The van der Waals surface area contributed by atoms with Crippen molar-refractivity contribution in [3.05, 3.63) is 0 Å². The first-order valence-corrected chi connectivity index (χ1v) is 12.7. The van der Waals surface area contributed by atoms with Crippen molar-refractivity contribution in [3.8, 4) is 0 Å². The number of hydrogen-bond donors (Lipinski definition) is 3. The molecule has 0 amide bonds. The fraction of sp³-hybridized carbons (Fsp3) is 0.960. The summed E-state index contributed by atoms with van der Waals surface area (Å²) in [5.74, 6) is -1.10. The molecule has 4 heteroatoms. The molecule has 0 bridgehead atoms. The first kappa shape index (κ1) is 28.4. The van der Waals surface area contributed by atoms with Gasteiger partial charge in [0.1, 0.15) is 0 Å². The number of carbonyl (C=O) groups is 1. The average molecular weight is 415 g/mol. The Balaban J connectivity index is 3.04. The molecular weight excluding hydrogens is 364 g/mol. The summed E-state index contributed by atoms with van der Waals surface area (Å²) in [5, 5.41) is 26.5. The summed E-state index contributed by atoms with van der Waals surface area (Å²) in [5.41, 5.74) is 0. The predicted octanol–water partition coefficient (Wildman–Crippen LogP) is 7.01. The zero-order valence-corrected chi connectivity index (χ0v) is 19.1. The lowest BCUT2D eigenvalue weighted by Gasteiger charge is -2.05. The second-order valence-electron chi connectivity index (χ2n) is 8.79. The minimum absolute atomic E-state index is 0.353. The molecule has 0 aliphatic carbocycles. The first-order valence-electron chi connectivity index (χ1n) is 12.7. The summed E-state index contributed by atoms with van der Waals surface area (Å²) < 4.78 is 0. The Morgan fingerprint density at radius 3 is 0.966 bits per heavy atom. The van der Waals surface area contributed by atoms with Gasteiger partial charge in [-0.3, -0.25) is 0 Å². The second-order valence-corrected chi connectivity index (χ2v) is 8.79. The van der Waals surface area contributed by atoms with Crippen LogP contribution < -0.4 is 0 Å². The molecule has 0 aliphatic heterocycles. The SMILES string of the molecule is O=C(O)C(O)CCCCCCCCCCCCCCCCCCCCCCCO. The maximum atomic E-state index is 10.5. The number of aliphatic carboxylic acids is 1. The van der Waals surface area contributed by atoms with Crippen LogP contribution in [0.1, 0.15) is 141 Å². The molecule has 1 unspecified atom stereocenters. The van der Waals surface area contributed by atoms with Crippen LogP contribution in [0.3, 0.4) is 0 Å². The zero-order chi connectivity index (χ0) is 21.4. The molecule has 0 radical (unpaired) electrons. The highest BCUT2D eigenvalue weighted by Gasteiger charge is 2.11. The third-order valence-electron chi connectivity index (χ3n) is 5.92. The second kappa shape index (κ2) is 23.7. The summed E-state index contributed by atoms with van der Waals surface area (Å²) in [6.07, 6.45) is 26.2. The largest absolute Gasteiger partial charge is 0.479 e. The van der Waals surface area contributed by atoms with Crippen LogP contribution in [0.2, 0.25) is 0 Å². The van der Waals surface area contributed by atoms with E-state index in [2.05, 4.69) is 0 Å². The van der Waals surface area contributed by atoms with Gasteiger partial charge in [0.2, 0.25) is 0 Å². The van der Waals surface area contributed by atoms with Crippen molar-refractivity contribution in [1.82, 2.24) is 0 Å². The summed E-state index contributed by atoms with van der Waals surface area (Å²) in [4.78, 5) is 10.5. The molecule has 3 N–H and O–H groups in total. The number of aliphatic hydroxyl groups excluding tert-OH is 2. The highest BCUT2D eigenvalue weighted by atomic mass is 16.4. The number of carboxylic acid groups (broad SMARTS) is 1. The van der Waals surface area contributed by atoms with Crippen LogP contribution in [0.4, 0.5) is 0 Å². The Morgan fingerprint density at radius 2 is 0.724 bits per heavy atom. The van der Waals surface area contributed by atoms with Crippen LogP contribution in [-0.2, 0) is 4.79 Å². The monoisotopic (exact) mass is 414 g/mol. The molecule has 174 valence electrons. The Morgan fingerprint density at radius 1 is 0.483 bits per heavy atom. The van der Waals surface area contributed by atoms with E-state index in [4.69, 9.17) is 10.2 Å². The number of aliphatic hydroxyl groups is 2. The standard InChI is InChI=1S/C25H50O4/c26-23-21-19-17-15-13-11-9-7-5-3-1-2-4-6-8-10-12-14-16-18-20-22-24(27)25(28)29/h24,26-27H,1-23H2,(H,28,29). The Hall–Kier alpha value is -0.610. The summed E-state index contributed by atoms with van der Waals surface area (Å²) in [6, 6.07) is 0. The normalized spacial score (nSPS) is 12.3. The summed E-state index contributed by atoms with van der Waals surface area (Å²) >= 11 is 0. The summed E-state index contributed by atoms with van der Waals surface area (Å²) in [7, 11) is 0. The van der Waals surface area contributed by atoms with Gasteiger partial charge >= 0.3 is 5.97 Å². The van der Waals surface area contributed by atoms with E-state index in [1.54, 1.807) is 0 Å². The number of hydrogen-bond acceptors (Lipinski definition) is 3. The topological polar surface area (TPSA) is 77.8 Å². The van der Waals surface area contributed by atoms with Gasteiger partial charge in [0.25, 0.3) is 0 Å². The lowest BCUT2D eigenvalue weighted by atomic mass is 10.0. The third-order valence-corrected chi connectivity index (χ3v) is 5.92. The van der Waals surface area contributed by atoms with E-state index in [1.807, 2.05) is 0 Å². The van der Waals surface area contributed by atoms with Gasteiger partial charge in [0, 0.05) is 6.61 Å². The molecule has 0 saturated carbocycles. The Labute approximate surface area is 180 Å². The molecule has 29 heavy (non-hydrogen) atoms. The molecule has 0 aromatic heterocycles. The number of carboxylic acids is 1. The van der Waals surface area contributed by atoms with E-state index in [-0.39, 0.29) is 0 Å². The Bertz CT molecular complexity index is 333. The fourth-order valence-electron chi connectivity index (χ4n) is 3.93. The van der Waals surface area contributed by atoms with Crippen LogP contribution in [0.15, 0.2) is 0 Å². The summed E-state index contributed by atoms with van der Waals surface area (Å²) in [6.45, 7) is 0.353. The maximum absolute atomic E-state index is 10.5. The van der Waals surface area contributed by atoms with Gasteiger partial charge in [-0.25, -0.2) is 4.79 Å². The minimum Gasteiger partial charge on any atom is -0.479 e. The molecule has 0 heterocycles. The third kappa shape index (κ3) is 23.5.